The Balaban J connectivity index is 1.65. The van der Waals surface area contributed by atoms with Crippen molar-refractivity contribution in [2.45, 2.75) is 25.6 Å². The quantitative estimate of drug-likeness (QED) is 0.845. The topological polar surface area (TPSA) is 109 Å². The fourth-order valence-corrected chi connectivity index (χ4v) is 2.32. The zero-order valence-electron chi connectivity index (χ0n) is 12.2. The monoisotopic (exact) mass is 301 g/mol. The standard InChI is InChI=1S/C15H19N5O2/c16-14-10(7-18-15(17)20-14)6-11-2-1-3-12(19-11)8-22-13-4-5-21-9-13/h1-3,7,13H,4-6,8-9H2,(H4,16,17,18,20). The molecule has 0 radical (unpaired) electrons. The maximum atomic E-state index is 5.85. The van der Waals surface area contributed by atoms with Crippen LogP contribution in [0.3, 0.4) is 0 Å². The lowest BCUT2D eigenvalue weighted by Gasteiger charge is -2.10. The summed E-state index contributed by atoms with van der Waals surface area (Å²) < 4.78 is 11.1. The molecule has 1 aliphatic rings. The van der Waals surface area contributed by atoms with Gasteiger partial charge in [-0.3, -0.25) is 4.98 Å². The molecule has 2 aromatic rings. The maximum absolute atomic E-state index is 5.85. The Hall–Kier alpha value is -2.25. The summed E-state index contributed by atoms with van der Waals surface area (Å²) in [6, 6.07) is 5.85. The number of rotatable bonds is 5. The Kier molecular flexibility index (Phi) is 4.45. The van der Waals surface area contributed by atoms with Crippen molar-refractivity contribution in [1.29, 1.82) is 0 Å². The van der Waals surface area contributed by atoms with Crippen molar-refractivity contribution < 1.29 is 9.47 Å². The largest absolute Gasteiger partial charge is 0.383 e. The number of anilines is 2. The summed E-state index contributed by atoms with van der Waals surface area (Å²) in [5.41, 5.74) is 13.9. The molecule has 116 valence electrons. The molecule has 7 heteroatoms. The molecule has 1 aliphatic heterocycles. The van der Waals surface area contributed by atoms with E-state index in [0.29, 0.717) is 25.5 Å². The van der Waals surface area contributed by atoms with Gasteiger partial charge in [0.15, 0.2) is 0 Å². The molecule has 0 bridgehead atoms. The number of nitrogens with zero attached hydrogens (tertiary/aromatic N) is 3. The van der Waals surface area contributed by atoms with Crippen LogP contribution in [0, 0.1) is 0 Å². The average Bonchev–Trinajstić information content (AvgIpc) is 3.02. The molecule has 7 nitrogen and oxygen atoms in total. The fraction of sp³-hybridized carbons (Fsp3) is 0.400. The maximum Gasteiger partial charge on any atom is 0.221 e. The van der Waals surface area contributed by atoms with Crippen LogP contribution in [0.25, 0.3) is 0 Å². The third-order valence-electron chi connectivity index (χ3n) is 3.51. The third-order valence-corrected chi connectivity index (χ3v) is 3.51. The van der Waals surface area contributed by atoms with E-state index >= 15 is 0 Å². The molecular weight excluding hydrogens is 282 g/mol. The second-order valence-electron chi connectivity index (χ2n) is 5.23. The molecule has 0 saturated carbocycles. The summed E-state index contributed by atoms with van der Waals surface area (Å²) >= 11 is 0. The van der Waals surface area contributed by atoms with Gasteiger partial charge in [-0.05, 0) is 18.6 Å². The second kappa shape index (κ2) is 6.67. The molecule has 0 aliphatic carbocycles. The summed E-state index contributed by atoms with van der Waals surface area (Å²) in [6.45, 7) is 1.92. The minimum absolute atomic E-state index is 0.173. The summed E-state index contributed by atoms with van der Waals surface area (Å²) in [5, 5.41) is 0. The SMILES string of the molecule is Nc1ncc(Cc2cccc(COC3CCOC3)n2)c(N)n1. The number of hydrogen-bond donors (Lipinski definition) is 2. The van der Waals surface area contributed by atoms with Crippen LogP contribution in [0.1, 0.15) is 23.4 Å². The highest BCUT2D eigenvalue weighted by Gasteiger charge is 2.16. The van der Waals surface area contributed by atoms with E-state index in [1.165, 1.54) is 0 Å². The zero-order valence-corrected chi connectivity index (χ0v) is 12.2. The van der Waals surface area contributed by atoms with Crippen molar-refractivity contribution in [1.82, 2.24) is 15.0 Å². The predicted octanol–water partition coefficient (Wildman–Crippen LogP) is 0.932. The van der Waals surface area contributed by atoms with Crippen molar-refractivity contribution >= 4 is 11.8 Å². The summed E-state index contributed by atoms with van der Waals surface area (Å²) in [7, 11) is 0. The molecule has 1 unspecified atom stereocenters. The van der Waals surface area contributed by atoms with Gasteiger partial charge >= 0.3 is 0 Å². The molecule has 4 N–H and O–H groups in total. The van der Waals surface area contributed by atoms with E-state index in [1.54, 1.807) is 6.20 Å². The van der Waals surface area contributed by atoms with Crippen LogP contribution in [0.2, 0.25) is 0 Å². The molecule has 1 atom stereocenters. The minimum Gasteiger partial charge on any atom is -0.383 e. The Morgan fingerprint density at radius 3 is 2.86 bits per heavy atom. The van der Waals surface area contributed by atoms with Gasteiger partial charge in [-0.25, -0.2) is 4.98 Å². The van der Waals surface area contributed by atoms with Gasteiger partial charge in [0, 0.05) is 30.5 Å². The van der Waals surface area contributed by atoms with Crippen molar-refractivity contribution in [3.8, 4) is 0 Å². The molecular formula is C15H19N5O2. The third kappa shape index (κ3) is 3.69. The highest BCUT2D eigenvalue weighted by atomic mass is 16.5. The van der Waals surface area contributed by atoms with Crippen LogP contribution in [0.5, 0.6) is 0 Å². The summed E-state index contributed by atoms with van der Waals surface area (Å²) in [4.78, 5) is 12.5. The first-order valence-electron chi connectivity index (χ1n) is 7.22. The minimum atomic E-state index is 0.173. The summed E-state index contributed by atoms with van der Waals surface area (Å²) in [5.74, 6) is 0.564. The Bertz CT molecular complexity index is 644. The van der Waals surface area contributed by atoms with E-state index < -0.39 is 0 Å². The lowest BCUT2D eigenvalue weighted by Crippen LogP contribution is -2.12. The Morgan fingerprint density at radius 2 is 2.09 bits per heavy atom. The molecule has 3 rings (SSSR count). The molecule has 2 aromatic heterocycles. The molecule has 0 spiro atoms. The van der Waals surface area contributed by atoms with Gasteiger partial charge < -0.3 is 20.9 Å². The van der Waals surface area contributed by atoms with Gasteiger partial charge in [0.2, 0.25) is 5.95 Å². The van der Waals surface area contributed by atoms with Gasteiger partial charge in [0.25, 0.3) is 0 Å². The first-order chi connectivity index (χ1) is 10.7. The fourth-order valence-electron chi connectivity index (χ4n) is 2.32. The molecule has 0 aromatic carbocycles. The van der Waals surface area contributed by atoms with E-state index in [1.807, 2.05) is 18.2 Å². The van der Waals surface area contributed by atoms with E-state index in [4.69, 9.17) is 20.9 Å². The second-order valence-corrected chi connectivity index (χ2v) is 5.23. The van der Waals surface area contributed by atoms with Crippen LogP contribution >= 0.6 is 0 Å². The van der Waals surface area contributed by atoms with E-state index in [0.717, 1.165) is 30.0 Å². The molecule has 1 saturated heterocycles. The first kappa shape index (κ1) is 14.7. The van der Waals surface area contributed by atoms with Crippen molar-refractivity contribution in [2.75, 3.05) is 24.7 Å². The first-order valence-corrected chi connectivity index (χ1v) is 7.22. The average molecular weight is 301 g/mol. The number of nitrogens with two attached hydrogens (primary N) is 2. The van der Waals surface area contributed by atoms with Gasteiger partial charge in [-0.1, -0.05) is 6.07 Å². The Labute approximate surface area is 128 Å². The van der Waals surface area contributed by atoms with Gasteiger partial charge in [0.05, 0.1) is 25.0 Å². The zero-order chi connectivity index (χ0) is 15.4. The van der Waals surface area contributed by atoms with Crippen LogP contribution in [0.15, 0.2) is 24.4 Å². The molecule has 3 heterocycles. The lowest BCUT2D eigenvalue weighted by molar-refractivity contribution is 0.0301. The van der Waals surface area contributed by atoms with Crippen molar-refractivity contribution in [3.63, 3.8) is 0 Å². The van der Waals surface area contributed by atoms with Gasteiger partial charge in [-0.15, -0.1) is 0 Å². The molecule has 0 amide bonds. The molecule has 1 fully saturated rings. The predicted molar refractivity (Wildman–Crippen MR) is 81.9 cm³/mol. The van der Waals surface area contributed by atoms with Crippen LogP contribution in [-0.4, -0.2) is 34.3 Å². The van der Waals surface area contributed by atoms with Gasteiger partial charge in [-0.2, -0.15) is 4.98 Å². The van der Waals surface area contributed by atoms with Crippen LogP contribution in [-0.2, 0) is 22.5 Å². The lowest BCUT2D eigenvalue weighted by atomic mass is 10.1. The van der Waals surface area contributed by atoms with Gasteiger partial charge in [0.1, 0.15) is 5.82 Å². The summed E-state index contributed by atoms with van der Waals surface area (Å²) in [6.07, 6.45) is 3.32. The van der Waals surface area contributed by atoms with Crippen molar-refractivity contribution in [3.05, 3.63) is 41.3 Å². The van der Waals surface area contributed by atoms with E-state index in [-0.39, 0.29) is 12.1 Å². The van der Waals surface area contributed by atoms with Crippen molar-refractivity contribution in [2.24, 2.45) is 0 Å². The number of pyridine rings is 1. The number of aromatic nitrogens is 3. The highest BCUT2D eigenvalue weighted by molar-refractivity contribution is 5.43. The van der Waals surface area contributed by atoms with Crippen LogP contribution in [0.4, 0.5) is 11.8 Å². The van der Waals surface area contributed by atoms with E-state index in [2.05, 4.69) is 15.0 Å². The normalized spacial score (nSPS) is 17.7. The molecule has 22 heavy (non-hydrogen) atoms. The number of ether oxygens (including phenoxy) is 2. The van der Waals surface area contributed by atoms with Crippen LogP contribution < -0.4 is 11.5 Å². The smallest absolute Gasteiger partial charge is 0.221 e. The number of hydrogen-bond acceptors (Lipinski definition) is 7. The number of nitrogen functional groups attached to an aromatic ring is 2. The highest BCUT2D eigenvalue weighted by Crippen LogP contribution is 2.15. The van der Waals surface area contributed by atoms with E-state index in [9.17, 15) is 0 Å². The Morgan fingerprint density at radius 1 is 1.23 bits per heavy atom.